The van der Waals surface area contributed by atoms with Crippen LogP contribution in [0.2, 0.25) is 0 Å². The molecule has 1 atom stereocenters. The minimum absolute atomic E-state index is 0.118. The summed E-state index contributed by atoms with van der Waals surface area (Å²) in [5.74, 6) is 0. The molecule has 2 aliphatic heterocycles. The van der Waals surface area contributed by atoms with E-state index in [2.05, 4.69) is 26.7 Å². The molecule has 132 valence electrons. The van der Waals surface area contributed by atoms with Gasteiger partial charge in [0.25, 0.3) is 0 Å². The molecule has 3 heterocycles. The summed E-state index contributed by atoms with van der Waals surface area (Å²) in [6.07, 6.45) is 12.0. The van der Waals surface area contributed by atoms with Gasteiger partial charge in [-0.3, -0.25) is 4.90 Å². The maximum absolute atomic E-state index is 12.4. The number of nitrogens with zero attached hydrogens (tertiary/aromatic N) is 4. The minimum atomic E-state index is 0.118. The number of hydrogen-bond donors (Lipinski definition) is 1. The maximum atomic E-state index is 12.4. The van der Waals surface area contributed by atoms with Crippen molar-refractivity contribution >= 4 is 6.03 Å². The van der Waals surface area contributed by atoms with Crippen molar-refractivity contribution in [2.45, 2.75) is 57.7 Å². The van der Waals surface area contributed by atoms with E-state index in [4.69, 9.17) is 0 Å². The number of aromatic nitrogens is 2. The van der Waals surface area contributed by atoms with Crippen LogP contribution in [0.25, 0.3) is 0 Å². The molecule has 1 aromatic heterocycles. The van der Waals surface area contributed by atoms with E-state index in [-0.39, 0.29) is 11.4 Å². The Hall–Kier alpha value is -1.56. The van der Waals surface area contributed by atoms with Gasteiger partial charge < -0.3 is 14.8 Å². The van der Waals surface area contributed by atoms with Crippen LogP contribution in [0.1, 0.15) is 39.0 Å². The largest absolute Gasteiger partial charge is 0.337 e. The topological polar surface area (TPSA) is 53.4 Å². The lowest BCUT2D eigenvalue weighted by Gasteiger charge is -2.49. The molecule has 3 aliphatic rings. The number of hydrogen-bond acceptors (Lipinski definition) is 3. The molecule has 24 heavy (non-hydrogen) atoms. The highest BCUT2D eigenvalue weighted by atomic mass is 16.2. The Bertz CT molecular complexity index is 562. The first-order chi connectivity index (χ1) is 11.7. The Morgan fingerprint density at radius 1 is 1.33 bits per heavy atom. The fourth-order valence-corrected chi connectivity index (χ4v) is 4.20. The molecule has 6 heteroatoms. The van der Waals surface area contributed by atoms with E-state index in [1.807, 2.05) is 23.6 Å². The lowest BCUT2D eigenvalue weighted by molar-refractivity contribution is 0.0167. The Morgan fingerprint density at radius 2 is 2.17 bits per heavy atom. The van der Waals surface area contributed by atoms with E-state index in [1.54, 1.807) is 0 Å². The van der Waals surface area contributed by atoms with Crippen molar-refractivity contribution in [2.75, 3.05) is 26.2 Å². The SMILES string of the molecule is C[C@@H]1CCCCN1C1CN(C(=O)NCC2(Cn3ccnc3)CC2)C1. The monoisotopic (exact) mass is 331 g/mol. The lowest BCUT2D eigenvalue weighted by Crippen LogP contribution is -2.65. The normalized spacial score (nSPS) is 26.9. The van der Waals surface area contributed by atoms with Gasteiger partial charge >= 0.3 is 6.03 Å². The second-order valence-corrected chi connectivity index (χ2v) is 8.04. The predicted molar refractivity (Wildman–Crippen MR) is 92.7 cm³/mol. The summed E-state index contributed by atoms with van der Waals surface area (Å²) < 4.78 is 2.12. The molecule has 3 fully saturated rings. The Kier molecular flexibility index (Phi) is 4.24. The van der Waals surface area contributed by atoms with Crippen LogP contribution in [0.15, 0.2) is 18.7 Å². The molecular weight excluding hydrogens is 302 g/mol. The van der Waals surface area contributed by atoms with Crippen LogP contribution in [0, 0.1) is 5.41 Å². The Morgan fingerprint density at radius 3 is 2.83 bits per heavy atom. The number of carbonyl (C=O) groups excluding carboxylic acids is 1. The average molecular weight is 331 g/mol. The molecule has 0 aromatic carbocycles. The summed E-state index contributed by atoms with van der Waals surface area (Å²) in [5.41, 5.74) is 0.252. The molecule has 2 amide bonds. The van der Waals surface area contributed by atoms with Crippen molar-refractivity contribution in [2.24, 2.45) is 5.41 Å². The van der Waals surface area contributed by atoms with E-state index in [1.165, 1.54) is 38.6 Å². The highest BCUT2D eigenvalue weighted by Gasteiger charge is 2.44. The Balaban J connectivity index is 1.21. The van der Waals surface area contributed by atoms with Gasteiger partial charge in [0.1, 0.15) is 0 Å². The van der Waals surface area contributed by atoms with Gasteiger partial charge in [-0.05, 0) is 39.2 Å². The minimum Gasteiger partial charge on any atom is -0.337 e. The molecule has 0 spiro atoms. The third-order valence-electron chi connectivity index (χ3n) is 6.12. The number of piperidine rings is 1. The van der Waals surface area contributed by atoms with Crippen molar-refractivity contribution in [3.63, 3.8) is 0 Å². The molecule has 6 nitrogen and oxygen atoms in total. The van der Waals surface area contributed by atoms with Crippen molar-refractivity contribution in [1.82, 2.24) is 24.7 Å². The number of nitrogens with one attached hydrogen (secondary N) is 1. The van der Waals surface area contributed by atoms with Crippen LogP contribution in [0.3, 0.4) is 0 Å². The zero-order valence-electron chi connectivity index (χ0n) is 14.7. The smallest absolute Gasteiger partial charge is 0.317 e. The number of rotatable bonds is 5. The van der Waals surface area contributed by atoms with Crippen molar-refractivity contribution in [3.05, 3.63) is 18.7 Å². The van der Waals surface area contributed by atoms with Gasteiger partial charge in [0.2, 0.25) is 0 Å². The highest BCUT2D eigenvalue weighted by Crippen LogP contribution is 2.46. The molecule has 1 N–H and O–H groups in total. The maximum Gasteiger partial charge on any atom is 0.317 e. The molecule has 0 unspecified atom stereocenters. The van der Waals surface area contributed by atoms with Gasteiger partial charge in [-0.25, -0.2) is 9.78 Å². The molecule has 0 radical (unpaired) electrons. The van der Waals surface area contributed by atoms with E-state index in [9.17, 15) is 4.79 Å². The van der Waals surface area contributed by atoms with Gasteiger partial charge in [0.15, 0.2) is 0 Å². The van der Waals surface area contributed by atoms with Crippen molar-refractivity contribution in [3.8, 4) is 0 Å². The number of carbonyl (C=O) groups is 1. The standard InChI is InChI=1S/C18H29N5O/c1-15-4-2-3-8-23(15)16-10-22(11-16)17(24)20-12-18(5-6-18)13-21-9-7-19-14-21/h7,9,14-16H,2-6,8,10-13H2,1H3,(H,20,24)/t15-/m1/s1. The predicted octanol–water partition coefficient (Wildman–Crippen LogP) is 1.93. The third kappa shape index (κ3) is 3.29. The molecule has 2 saturated heterocycles. The third-order valence-corrected chi connectivity index (χ3v) is 6.12. The average Bonchev–Trinajstić information content (AvgIpc) is 3.10. The van der Waals surface area contributed by atoms with E-state index < -0.39 is 0 Å². The zero-order chi connectivity index (χ0) is 16.6. The van der Waals surface area contributed by atoms with Crippen LogP contribution in [0.5, 0.6) is 0 Å². The van der Waals surface area contributed by atoms with Gasteiger partial charge in [-0.15, -0.1) is 0 Å². The molecule has 4 rings (SSSR count). The zero-order valence-corrected chi connectivity index (χ0v) is 14.7. The van der Waals surface area contributed by atoms with Gasteiger partial charge in [-0.1, -0.05) is 6.42 Å². The summed E-state index contributed by atoms with van der Waals surface area (Å²) in [4.78, 5) is 21.1. The summed E-state index contributed by atoms with van der Waals surface area (Å²) in [5, 5.41) is 3.17. The van der Waals surface area contributed by atoms with Gasteiger partial charge in [0.05, 0.1) is 6.33 Å². The van der Waals surface area contributed by atoms with Gasteiger partial charge in [0, 0.05) is 56.1 Å². The van der Waals surface area contributed by atoms with Crippen molar-refractivity contribution in [1.29, 1.82) is 0 Å². The number of urea groups is 1. The summed E-state index contributed by atoms with van der Waals surface area (Å²) >= 11 is 0. The van der Waals surface area contributed by atoms with Crippen molar-refractivity contribution < 1.29 is 4.79 Å². The van der Waals surface area contributed by atoms with Crippen LogP contribution in [0.4, 0.5) is 4.79 Å². The Labute approximate surface area is 144 Å². The second kappa shape index (κ2) is 6.39. The highest BCUT2D eigenvalue weighted by molar-refractivity contribution is 5.75. The fourth-order valence-electron chi connectivity index (χ4n) is 4.20. The molecule has 0 bridgehead atoms. The summed E-state index contributed by atoms with van der Waals surface area (Å²) in [7, 11) is 0. The van der Waals surface area contributed by atoms with Crippen LogP contribution in [-0.4, -0.2) is 63.6 Å². The number of likely N-dealkylation sites (tertiary alicyclic amines) is 2. The van der Waals surface area contributed by atoms with Crippen LogP contribution in [-0.2, 0) is 6.54 Å². The molecule has 1 aromatic rings. The van der Waals surface area contributed by atoms with Crippen LogP contribution >= 0.6 is 0 Å². The quantitative estimate of drug-likeness (QED) is 0.897. The van der Waals surface area contributed by atoms with E-state index in [0.29, 0.717) is 12.1 Å². The van der Waals surface area contributed by atoms with Gasteiger partial charge in [-0.2, -0.15) is 0 Å². The van der Waals surface area contributed by atoms with Crippen LogP contribution < -0.4 is 5.32 Å². The first kappa shape index (κ1) is 15.9. The first-order valence-electron chi connectivity index (χ1n) is 9.40. The van der Waals surface area contributed by atoms with E-state index >= 15 is 0 Å². The first-order valence-corrected chi connectivity index (χ1v) is 9.40. The molecular formula is C18H29N5O. The number of amides is 2. The second-order valence-electron chi connectivity index (χ2n) is 8.04. The fraction of sp³-hybridized carbons (Fsp3) is 0.778. The summed E-state index contributed by atoms with van der Waals surface area (Å²) in [6.45, 7) is 7.06. The summed E-state index contributed by atoms with van der Waals surface area (Å²) in [6, 6.07) is 1.37. The lowest BCUT2D eigenvalue weighted by atomic mass is 9.98. The van der Waals surface area contributed by atoms with E-state index in [0.717, 1.165) is 26.2 Å². The molecule has 1 saturated carbocycles. The molecule has 1 aliphatic carbocycles. The number of imidazole rings is 1.